The maximum atomic E-state index is 10.9. The molecular weight excluding hydrogens is 318 g/mol. The summed E-state index contributed by atoms with van der Waals surface area (Å²) < 4.78 is 1.08. The van der Waals surface area contributed by atoms with Gasteiger partial charge in [-0.05, 0) is 44.0 Å². The molecule has 0 radical (unpaired) electrons. The molecule has 4 nitrogen and oxygen atoms in total. The second kappa shape index (κ2) is 7.09. The van der Waals surface area contributed by atoms with E-state index in [0.717, 1.165) is 49.2 Å². The number of amides is 1. The number of benzene rings is 1. The predicted molar refractivity (Wildman–Crippen MR) is 85.2 cm³/mol. The largest absolute Gasteiger partial charge is 0.398 e. The van der Waals surface area contributed by atoms with E-state index in [2.05, 4.69) is 26.1 Å². The number of nitrogens with zero attached hydrogens (tertiary/aromatic N) is 1. The van der Waals surface area contributed by atoms with Crippen LogP contribution >= 0.6 is 15.9 Å². The number of nitrogen functional groups attached to an aromatic ring is 1. The summed E-state index contributed by atoms with van der Waals surface area (Å²) in [5.41, 5.74) is 8.06. The summed E-state index contributed by atoms with van der Waals surface area (Å²) in [6.07, 6.45) is 2.26. The van der Waals surface area contributed by atoms with Crippen molar-refractivity contribution in [2.75, 3.05) is 25.4 Å². The molecule has 0 bridgehead atoms. The van der Waals surface area contributed by atoms with Crippen molar-refractivity contribution in [3.8, 4) is 0 Å². The van der Waals surface area contributed by atoms with Gasteiger partial charge in [-0.1, -0.05) is 22.0 Å². The molecule has 20 heavy (non-hydrogen) atoms. The molecule has 1 fully saturated rings. The van der Waals surface area contributed by atoms with Gasteiger partial charge in [0, 0.05) is 35.7 Å². The Hall–Kier alpha value is -1.07. The summed E-state index contributed by atoms with van der Waals surface area (Å²) in [5, 5.41) is 2.91. The van der Waals surface area contributed by atoms with Crippen LogP contribution in [0.1, 0.15) is 25.3 Å². The van der Waals surface area contributed by atoms with E-state index in [9.17, 15) is 4.79 Å². The van der Waals surface area contributed by atoms with Gasteiger partial charge in [0.25, 0.3) is 0 Å². The van der Waals surface area contributed by atoms with E-state index in [4.69, 9.17) is 5.73 Å². The molecule has 1 heterocycles. The maximum absolute atomic E-state index is 10.9. The quantitative estimate of drug-likeness (QED) is 0.828. The zero-order valence-electron chi connectivity index (χ0n) is 11.9. The summed E-state index contributed by atoms with van der Waals surface area (Å²) in [6.45, 7) is 5.39. The molecule has 0 aliphatic carbocycles. The number of carbonyl (C=O) groups excluding carboxylic acids is 1. The van der Waals surface area contributed by atoms with Crippen molar-refractivity contribution < 1.29 is 4.79 Å². The van der Waals surface area contributed by atoms with E-state index < -0.39 is 0 Å². The van der Waals surface area contributed by atoms with Crippen LogP contribution < -0.4 is 11.1 Å². The van der Waals surface area contributed by atoms with Crippen molar-refractivity contribution >= 4 is 27.5 Å². The number of piperidine rings is 1. The van der Waals surface area contributed by atoms with E-state index in [1.54, 1.807) is 6.92 Å². The Morgan fingerprint density at radius 1 is 1.45 bits per heavy atom. The molecule has 0 unspecified atom stereocenters. The van der Waals surface area contributed by atoms with Gasteiger partial charge < -0.3 is 11.1 Å². The predicted octanol–water partition coefficient (Wildman–Crippen LogP) is 2.38. The molecule has 1 aromatic rings. The van der Waals surface area contributed by atoms with Crippen LogP contribution in [0.15, 0.2) is 22.7 Å². The zero-order valence-corrected chi connectivity index (χ0v) is 13.4. The normalized spacial score (nSPS) is 17.1. The number of rotatable bonds is 4. The molecule has 5 heteroatoms. The molecule has 1 aromatic carbocycles. The van der Waals surface area contributed by atoms with Crippen molar-refractivity contribution in [2.45, 2.75) is 26.3 Å². The Morgan fingerprint density at radius 3 is 2.75 bits per heavy atom. The third-order valence-electron chi connectivity index (χ3n) is 3.88. The van der Waals surface area contributed by atoms with Gasteiger partial charge in [-0.25, -0.2) is 0 Å². The van der Waals surface area contributed by atoms with Crippen LogP contribution in [0.4, 0.5) is 5.69 Å². The summed E-state index contributed by atoms with van der Waals surface area (Å²) in [5.74, 6) is 0.667. The highest BCUT2D eigenvalue weighted by atomic mass is 79.9. The van der Waals surface area contributed by atoms with Gasteiger partial charge in [-0.15, -0.1) is 0 Å². The van der Waals surface area contributed by atoms with Crippen LogP contribution in [0.3, 0.4) is 0 Å². The fourth-order valence-corrected chi connectivity index (χ4v) is 3.11. The van der Waals surface area contributed by atoms with E-state index in [-0.39, 0.29) is 5.91 Å². The average Bonchev–Trinajstić information content (AvgIpc) is 2.42. The topological polar surface area (TPSA) is 58.4 Å². The average molecular weight is 340 g/mol. The zero-order chi connectivity index (χ0) is 14.5. The third-order valence-corrected chi connectivity index (χ3v) is 4.63. The van der Waals surface area contributed by atoms with Crippen molar-refractivity contribution in [2.24, 2.45) is 5.92 Å². The van der Waals surface area contributed by atoms with Crippen LogP contribution in [-0.4, -0.2) is 30.4 Å². The van der Waals surface area contributed by atoms with Crippen LogP contribution in [0.5, 0.6) is 0 Å². The second-order valence-corrected chi connectivity index (χ2v) is 6.32. The molecule has 0 saturated carbocycles. The molecule has 2 rings (SSSR count). The number of halogens is 1. The first-order valence-electron chi connectivity index (χ1n) is 7.06. The van der Waals surface area contributed by atoms with Gasteiger partial charge in [0.1, 0.15) is 0 Å². The summed E-state index contributed by atoms with van der Waals surface area (Å²) in [4.78, 5) is 13.4. The van der Waals surface area contributed by atoms with E-state index in [1.165, 1.54) is 5.56 Å². The fourth-order valence-electron chi connectivity index (χ4n) is 2.60. The van der Waals surface area contributed by atoms with Crippen LogP contribution in [0, 0.1) is 5.92 Å². The lowest BCUT2D eigenvalue weighted by molar-refractivity contribution is -0.119. The van der Waals surface area contributed by atoms with Crippen LogP contribution in [0.25, 0.3) is 0 Å². The van der Waals surface area contributed by atoms with E-state index in [1.807, 2.05) is 18.2 Å². The lowest BCUT2D eigenvalue weighted by Gasteiger charge is -2.32. The minimum atomic E-state index is 0.0634. The van der Waals surface area contributed by atoms with Crippen LogP contribution in [-0.2, 0) is 11.3 Å². The smallest absolute Gasteiger partial charge is 0.216 e. The number of carbonyl (C=O) groups is 1. The standard InChI is InChI=1S/C15H22BrN3O/c1-11(20)18-9-12-5-7-19(8-6-12)10-13-14(16)3-2-4-15(13)17/h2-4,12H,5-10,17H2,1H3,(H,18,20). The van der Waals surface area contributed by atoms with Crippen molar-refractivity contribution in [3.63, 3.8) is 0 Å². The molecule has 1 aliphatic heterocycles. The molecule has 3 N–H and O–H groups in total. The first-order valence-corrected chi connectivity index (χ1v) is 7.85. The number of hydrogen-bond donors (Lipinski definition) is 2. The van der Waals surface area contributed by atoms with Gasteiger partial charge >= 0.3 is 0 Å². The van der Waals surface area contributed by atoms with Gasteiger partial charge in [0.2, 0.25) is 5.91 Å². The van der Waals surface area contributed by atoms with Crippen LogP contribution in [0.2, 0.25) is 0 Å². The van der Waals surface area contributed by atoms with E-state index in [0.29, 0.717) is 5.92 Å². The minimum Gasteiger partial charge on any atom is -0.398 e. The Balaban J connectivity index is 1.84. The molecule has 1 amide bonds. The lowest BCUT2D eigenvalue weighted by atomic mass is 9.96. The summed E-state index contributed by atoms with van der Waals surface area (Å²) in [7, 11) is 0. The summed E-state index contributed by atoms with van der Waals surface area (Å²) in [6, 6.07) is 5.95. The van der Waals surface area contributed by atoms with Crippen molar-refractivity contribution in [3.05, 3.63) is 28.2 Å². The molecule has 0 atom stereocenters. The van der Waals surface area contributed by atoms with E-state index >= 15 is 0 Å². The number of anilines is 1. The maximum Gasteiger partial charge on any atom is 0.216 e. The monoisotopic (exact) mass is 339 g/mol. The Bertz CT molecular complexity index is 450. The molecular formula is C15H22BrN3O. The second-order valence-electron chi connectivity index (χ2n) is 5.46. The molecule has 0 aromatic heterocycles. The van der Waals surface area contributed by atoms with Crippen molar-refractivity contribution in [1.82, 2.24) is 10.2 Å². The number of likely N-dealkylation sites (tertiary alicyclic amines) is 1. The molecule has 0 spiro atoms. The number of nitrogens with one attached hydrogen (secondary N) is 1. The highest BCUT2D eigenvalue weighted by Crippen LogP contribution is 2.26. The first kappa shape index (κ1) is 15.3. The highest BCUT2D eigenvalue weighted by Gasteiger charge is 2.20. The SMILES string of the molecule is CC(=O)NCC1CCN(Cc2c(N)cccc2Br)CC1. The Morgan fingerprint density at radius 2 is 2.15 bits per heavy atom. The number of hydrogen-bond acceptors (Lipinski definition) is 3. The van der Waals surface area contributed by atoms with Crippen molar-refractivity contribution in [1.29, 1.82) is 0 Å². The Kier molecular flexibility index (Phi) is 5.43. The van der Waals surface area contributed by atoms with Gasteiger partial charge in [0.05, 0.1) is 0 Å². The van der Waals surface area contributed by atoms with Gasteiger partial charge in [0.15, 0.2) is 0 Å². The fraction of sp³-hybridized carbons (Fsp3) is 0.533. The highest BCUT2D eigenvalue weighted by molar-refractivity contribution is 9.10. The van der Waals surface area contributed by atoms with Gasteiger partial charge in [-0.3, -0.25) is 9.69 Å². The minimum absolute atomic E-state index is 0.0634. The third kappa shape index (κ3) is 4.21. The molecule has 1 aliphatic rings. The van der Waals surface area contributed by atoms with Gasteiger partial charge in [-0.2, -0.15) is 0 Å². The summed E-state index contributed by atoms with van der Waals surface area (Å²) >= 11 is 3.57. The number of nitrogens with two attached hydrogens (primary N) is 1. The lowest BCUT2D eigenvalue weighted by Crippen LogP contribution is -2.38. The molecule has 110 valence electrons. The molecule has 1 saturated heterocycles. The Labute approximate surface area is 128 Å². The first-order chi connectivity index (χ1) is 9.56.